The second-order valence-electron chi connectivity index (χ2n) is 4.16. The molecule has 0 aliphatic rings. The fraction of sp³-hybridized carbons (Fsp3) is 0.417. The molecule has 0 aliphatic carbocycles. The third-order valence-electron chi connectivity index (χ3n) is 2.77. The summed E-state index contributed by atoms with van der Waals surface area (Å²) in [4.78, 5) is 11.4. The second kappa shape index (κ2) is 6.49. The molecule has 0 heterocycles. The normalized spacial score (nSPS) is 11.6. The summed E-state index contributed by atoms with van der Waals surface area (Å²) in [6, 6.07) is 5.10. The fourth-order valence-electron chi connectivity index (χ4n) is 1.52. The zero-order chi connectivity index (χ0) is 14.6. The number of carbonyl (C=O) groups excluding carboxylic acids is 1. The number of benzene rings is 1. The number of amides is 1. The summed E-state index contributed by atoms with van der Waals surface area (Å²) in [6.45, 7) is 1.89. The molecule has 1 rings (SSSR count). The van der Waals surface area contributed by atoms with Gasteiger partial charge in [0, 0.05) is 31.5 Å². The Morgan fingerprint density at radius 2 is 2.05 bits per heavy atom. The molecule has 0 aliphatic heterocycles. The molecule has 0 fully saturated rings. The highest BCUT2D eigenvalue weighted by Crippen LogP contribution is 2.23. The first-order valence-electron chi connectivity index (χ1n) is 5.72. The van der Waals surface area contributed by atoms with Gasteiger partial charge in [0.1, 0.15) is 0 Å². The molecule has 0 saturated heterocycles. The van der Waals surface area contributed by atoms with Crippen LogP contribution in [0.25, 0.3) is 0 Å². The molecule has 7 heteroatoms. The average Bonchev–Trinajstić information content (AvgIpc) is 2.37. The molecule has 0 saturated carbocycles. The Labute approximate surface area is 122 Å². The Bertz CT molecular complexity index is 572. The summed E-state index contributed by atoms with van der Waals surface area (Å²) in [6.07, 6.45) is 0.138. The van der Waals surface area contributed by atoms with Crippen LogP contribution in [0.4, 0.5) is 0 Å². The van der Waals surface area contributed by atoms with Crippen molar-refractivity contribution in [3.8, 4) is 0 Å². The molecule has 1 amide bonds. The Balaban J connectivity index is 2.97. The number of halogens is 1. The van der Waals surface area contributed by atoms with Gasteiger partial charge in [-0.2, -0.15) is 0 Å². The standard InChI is InChI=1S/C12H17BrN2O3S/c1-9-4-5-10(13)8-11(9)19(17,18)15(3)7-6-12(16)14-2/h4-5,8H,6-7H2,1-3H3,(H,14,16). The second-order valence-corrected chi connectivity index (χ2v) is 7.09. The van der Waals surface area contributed by atoms with E-state index in [-0.39, 0.29) is 23.8 Å². The maximum Gasteiger partial charge on any atom is 0.243 e. The number of carbonyl (C=O) groups is 1. The summed E-state index contributed by atoms with van der Waals surface area (Å²) in [5, 5.41) is 2.46. The summed E-state index contributed by atoms with van der Waals surface area (Å²) >= 11 is 3.26. The molecule has 0 bridgehead atoms. The monoisotopic (exact) mass is 348 g/mol. The van der Waals surface area contributed by atoms with Crippen molar-refractivity contribution in [2.45, 2.75) is 18.2 Å². The molecule has 5 nitrogen and oxygen atoms in total. The van der Waals surface area contributed by atoms with E-state index in [0.717, 1.165) is 0 Å². The number of aryl methyl sites for hydroxylation is 1. The van der Waals surface area contributed by atoms with E-state index in [4.69, 9.17) is 0 Å². The van der Waals surface area contributed by atoms with Crippen LogP contribution in [0.2, 0.25) is 0 Å². The lowest BCUT2D eigenvalue weighted by Gasteiger charge is -2.18. The van der Waals surface area contributed by atoms with Crippen LogP contribution >= 0.6 is 15.9 Å². The minimum Gasteiger partial charge on any atom is -0.359 e. The number of nitrogens with zero attached hydrogens (tertiary/aromatic N) is 1. The van der Waals surface area contributed by atoms with Crippen molar-refractivity contribution in [2.24, 2.45) is 0 Å². The van der Waals surface area contributed by atoms with Crippen molar-refractivity contribution in [3.63, 3.8) is 0 Å². The highest BCUT2D eigenvalue weighted by atomic mass is 79.9. The lowest BCUT2D eigenvalue weighted by molar-refractivity contribution is -0.120. The highest BCUT2D eigenvalue weighted by molar-refractivity contribution is 9.10. The summed E-state index contributed by atoms with van der Waals surface area (Å²) in [5.41, 5.74) is 0.676. The minimum atomic E-state index is -3.57. The number of sulfonamides is 1. The SMILES string of the molecule is CNC(=O)CCN(C)S(=O)(=O)c1cc(Br)ccc1C. The molecule has 0 atom stereocenters. The molecule has 0 spiro atoms. The molecule has 0 aromatic heterocycles. The Morgan fingerprint density at radius 1 is 1.42 bits per heavy atom. The molecule has 0 unspecified atom stereocenters. The molecular weight excluding hydrogens is 332 g/mol. The van der Waals surface area contributed by atoms with Crippen LogP contribution < -0.4 is 5.32 Å². The van der Waals surface area contributed by atoms with Gasteiger partial charge >= 0.3 is 0 Å². The van der Waals surface area contributed by atoms with Crippen LogP contribution in [0.1, 0.15) is 12.0 Å². The average molecular weight is 349 g/mol. The molecular formula is C12H17BrN2O3S. The molecule has 1 aromatic rings. The van der Waals surface area contributed by atoms with E-state index in [2.05, 4.69) is 21.2 Å². The van der Waals surface area contributed by atoms with Gasteiger partial charge in [0.15, 0.2) is 0 Å². The Morgan fingerprint density at radius 3 is 2.63 bits per heavy atom. The van der Waals surface area contributed by atoms with Crippen LogP contribution in [0.15, 0.2) is 27.6 Å². The maximum atomic E-state index is 12.4. The van der Waals surface area contributed by atoms with E-state index in [1.54, 1.807) is 25.1 Å². The molecule has 106 valence electrons. The van der Waals surface area contributed by atoms with Gasteiger partial charge < -0.3 is 5.32 Å². The largest absolute Gasteiger partial charge is 0.359 e. The first kappa shape index (κ1) is 16.1. The molecule has 1 aromatic carbocycles. The van der Waals surface area contributed by atoms with Crippen LogP contribution in [0, 0.1) is 6.92 Å². The Hall–Kier alpha value is -0.920. The number of hydrogen-bond donors (Lipinski definition) is 1. The van der Waals surface area contributed by atoms with Crippen LogP contribution in [0.3, 0.4) is 0 Å². The number of nitrogens with one attached hydrogen (secondary N) is 1. The number of hydrogen-bond acceptors (Lipinski definition) is 3. The predicted octanol–water partition coefficient (Wildman–Crippen LogP) is 1.51. The van der Waals surface area contributed by atoms with Crippen LogP contribution in [-0.2, 0) is 14.8 Å². The summed E-state index contributed by atoms with van der Waals surface area (Å²) < 4.78 is 26.7. The molecule has 1 N–H and O–H groups in total. The third-order valence-corrected chi connectivity index (χ3v) is 5.26. The van der Waals surface area contributed by atoms with Crippen LogP contribution in [0.5, 0.6) is 0 Å². The first-order valence-corrected chi connectivity index (χ1v) is 7.95. The smallest absolute Gasteiger partial charge is 0.243 e. The van der Waals surface area contributed by atoms with E-state index < -0.39 is 10.0 Å². The Kier molecular flexibility index (Phi) is 5.51. The highest BCUT2D eigenvalue weighted by Gasteiger charge is 2.23. The van der Waals surface area contributed by atoms with E-state index in [0.29, 0.717) is 10.0 Å². The van der Waals surface area contributed by atoms with Crippen molar-refractivity contribution in [2.75, 3.05) is 20.6 Å². The van der Waals surface area contributed by atoms with Gasteiger partial charge in [-0.05, 0) is 24.6 Å². The lowest BCUT2D eigenvalue weighted by atomic mass is 10.2. The lowest BCUT2D eigenvalue weighted by Crippen LogP contribution is -2.31. The zero-order valence-corrected chi connectivity index (χ0v) is 13.5. The van der Waals surface area contributed by atoms with E-state index in [9.17, 15) is 13.2 Å². The topological polar surface area (TPSA) is 66.5 Å². The van der Waals surface area contributed by atoms with Gasteiger partial charge in [0.2, 0.25) is 15.9 Å². The van der Waals surface area contributed by atoms with Gasteiger partial charge in [-0.25, -0.2) is 12.7 Å². The third kappa shape index (κ3) is 4.02. The van der Waals surface area contributed by atoms with Gasteiger partial charge in [0.05, 0.1) is 4.90 Å². The van der Waals surface area contributed by atoms with Gasteiger partial charge in [-0.3, -0.25) is 4.79 Å². The van der Waals surface area contributed by atoms with Gasteiger partial charge in [-0.15, -0.1) is 0 Å². The molecule has 19 heavy (non-hydrogen) atoms. The van der Waals surface area contributed by atoms with Crippen LogP contribution in [-0.4, -0.2) is 39.3 Å². The van der Waals surface area contributed by atoms with E-state index >= 15 is 0 Å². The van der Waals surface area contributed by atoms with Crippen molar-refractivity contribution in [1.29, 1.82) is 0 Å². The van der Waals surface area contributed by atoms with Crippen molar-refractivity contribution in [3.05, 3.63) is 28.2 Å². The fourth-order valence-corrected chi connectivity index (χ4v) is 3.45. The number of rotatable bonds is 5. The summed E-state index contributed by atoms with van der Waals surface area (Å²) in [7, 11) is -0.579. The molecule has 0 radical (unpaired) electrons. The van der Waals surface area contributed by atoms with E-state index in [1.807, 2.05) is 0 Å². The van der Waals surface area contributed by atoms with E-state index in [1.165, 1.54) is 18.4 Å². The van der Waals surface area contributed by atoms with Crippen molar-refractivity contribution in [1.82, 2.24) is 9.62 Å². The quantitative estimate of drug-likeness (QED) is 0.876. The minimum absolute atomic E-state index is 0.138. The zero-order valence-electron chi connectivity index (χ0n) is 11.1. The van der Waals surface area contributed by atoms with Gasteiger partial charge in [0.25, 0.3) is 0 Å². The van der Waals surface area contributed by atoms with Gasteiger partial charge in [-0.1, -0.05) is 22.0 Å². The summed E-state index contributed by atoms with van der Waals surface area (Å²) in [5.74, 6) is -0.187. The maximum absolute atomic E-state index is 12.4. The van der Waals surface area contributed by atoms with Crippen molar-refractivity contribution < 1.29 is 13.2 Å². The van der Waals surface area contributed by atoms with Crippen molar-refractivity contribution >= 4 is 31.9 Å². The first-order chi connectivity index (χ1) is 8.78. The predicted molar refractivity (Wildman–Crippen MR) is 77.4 cm³/mol.